The summed E-state index contributed by atoms with van der Waals surface area (Å²) in [6.45, 7) is 0. The number of halogens is 1. The number of rotatable bonds is 3. The third-order valence-electron chi connectivity index (χ3n) is 3.77. The molecule has 0 spiro atoms. The quantitative estimate of drug-likeness (QED) is 0.595. The van der Waals surface area contributed by atoms with Crippen molar-refractivity contribution in [1.82, 2.24) is 4.57 Å². The van der Waals surface area contributed by atoms with Gasteiger partial charge in [-0.1, -0.05) is 18.2 Å². The standard InChI is InChI=1S/C16H12FN3O3/c1-19-13-7-6-9(20(22)23)8-11(13)14(15(19)16(18)21)10-4-2-3-5-12(10)17/h2-8H,1H3,(H2,18,21). The monoisotopic (exact) mass is 313 g/mol. The Balaban J connectivity index is 2.48. The molecular formula is C16H12FN3O3. The second-order valence-corrected chi connectivity index (χ2v) is 5.09. The molecule has 7 heteroatoms. The van der Waals surface area contributed by atoms with Crippen LogP contribution in [0, 0.1) is 15.9 Å². The number of fused-ring (bicyclic) bond motifs is 1. The zero-order chi connectivity index (χ0) is 16.7. The molecule has 0 radical (unpaired) electrons. The van der Waals surface area contributed by atoms with Crippen molar-refractivity contribution in [3.8, 4) is 11.1 Å². The van der Waals surface area contributed by atoms with Crippen molar-refractivity contribution in [1.29, 1.82) is 0 Å². The minimum Gasteiger partial charge on any atom is -0.364 e. The molecule has 3 aromatic rings. The summed E-state index contributed by atoms with van der Waals surface area (Å²) in [4.78, 5) is 22.3. The van der Waals surface area contributed by atoms with Crippen molar-refractivity contribution in [3.63, 3.8) is 0 Å². The zero-order valence-corrected chi connectivity index (χ0v) is 12.1. The van der Waals surface area contributed by atoms with Crippen molar-refractivity contribution >= 4 is 22.5 Å². The van der Waals surface area contributed by atoms with E-state index in [9.17, 15) is 19.3 Å². The van der Waals surface area contributed by atoms with Crippen LogP contribution in [0.25, 0.3) is 22.0 Å². The zero-order valence-electron chi connectivity index (χ0n) is 12.1. The van der Waals surface area contributed by atoms with Crippen LogP contribution in [-0.2, 0) is 7.05 Å². The molecule has 1 aromatic heterocycles. The van der Waals surface area contributed by atoms with Crippen molar-refractivity contribution in [2.75, 3.05) is 0 Å². The molecule has 0 saturated carbocycles. The average molecular weight is 313 g/mol. The van der Waals surface area contributed by atoms with Crippen LogP contribution >= 0.6 is 0 Å². The average Bonchev–Trinajstić information content (AvgIpc) is 2.80. The summed E-state index contributed by atoms with van der Waals surface area (Å²) in [5.74, 6) is -1.27. The Labute approximate surface area is 130 Å². The predicted molar refractivity (Wildman–Crippen MR) is 83.5 cm³/mol. The van der Waals surface area contributed by atoms with Crippen molar-refractivity contribution in [3.05, 3.63) is 64.1 Å². The van der Waals surface area contributed by atoms with E-state index in [2.05, 4.69) is 0 Å². The van der Waals surface area contributed by atoms with Crippen LogP contribution in [0.5, 0.6) is 0 Å². The highest BCUT2D eigenvalue weighted by molar-refractivity contribution is 6.10. The number of aromatic nitrogens is 1. The smallest absolute Gasteiger partial charge is 0.270 e. The fourth-order valence-electron chi connectivity index (χ4n) is 2.77. The van der Waals surface area contributed by atoms with Gasteiger partial charge >= 0.3 is 0 Å². The number of nitro benzene ring substituents is 1. The maximum absolute atomic E-state index is 14.2. The van der Waals surface area contributed by atoms with Gasteiger partial charge < -0.3 is 10.3 Å². The largest absolute Gasteiger partial charge is 0.364 e. The number of hydrogen-bond acceptors (Lipinski definition) is 3. The summed E-state index contributed by atoms with van der Waals surface area (Å²) in [7, 11) is 1.61. The molecule has 2 aromatic carbocycles. The summed E-state index contributed by atoms with van der Waals surface area (Å²) in [6, 6.07) is 10.1. The Morgan fingerprint density at radius 1 is 1.26 bits per heavy atom. The van der Waals surface area contributed by atoms with Gasteiger partial charge in [0.15, 0.2) is 0 Å². The highest BCUT2D eigenvalue weighted by Crippen LogP contribution is 2.37. The molecule has 23 heavy (non-hydrogen) atoms. The molecule has 116 valence electrons. The maximum atomic E-state index is 14.2. The summed E-state index contributed by atoms with van der Waals surface area (Å²) in [6.07, 6.45) is 0. The number of nitro groups is 1. The first-order valence-electron chi connectivity index (χ1n) is 6.73. The van der Waals surface area contributed by atoms with Crippen LogP contribution < -0.4 is 5.73 Å². The molecule has 0 saturated heterocycles. The van der Waals surface area contributed by atoms with E-state index in [1.54, 1.807) is 13.1 Å². The van der Waals surface area contributed by atoms with Gasteiger partial charge in [0.05, 0.1) is 4.92 Å². The highest BCUT2D eigenvalue weighted by Gasteiger charge is 2.24. The van der Waals surface area contributed by atoms with E-state index in [-0.39, 0.29) is 22.5 Å². The van der Waals surface area contributed by atoms with Crippen molar-refractivity contribution in [2.45, 2.75) is 0 Å². The van der Waals surface area contributed by atoms with E-state index in [0.29, 0.717) is 10.9 Å². The normalized spacial score (nSPS) is 10.9. The van der Waals surface area contributed by atoms with E-state index in [4.69, 9.17) is 5.73 Å². The van der Waals surface area contributed by atoms with Crippen LogP contribution in [0.1, 0.15) is 10.5 Å². The lowest BCUT2D eigenvalue weighted by atomic mass is 10.0. The number of nitrogens with zero attached hydrogens (tertiary/aromatic N) is 2. The number of benzene rings is 2. The second-order valence-electron chi connectivity index (χ2n) is 5.09. The third-order valence-corrected chi connectivity index (χ3v) is 3.77. The first-order valence-corrected chi connectivity index (χ1v) is 6.73. The number of nitrogens with two attached hydrogens (primary N) is 1. The number of amides is 1. The lowest BCUT2D eigenvalue weighted by Gasteiger charge is -2.05. The fraction of sp³-hybridized carbons (Fsp3) is 0.0625. The Morgan fingerprint density at radius 2 is 1.96 bits per heavy atom. The van der Waals surface area contributed by atoms with Gasteiger partial charge in [-0.15, -0.1) is 0 Å². The Kier molecular flexibility index (Phi) is 3.33. The van der Waals surface area contributed by atoms with Crippen LogP contribution in [0.3, 0.4) is 0 Å². The fourth-order valence-corrected chi connectivity index (χ4v) is 2.77. The highest BCUT2D eigenvalue weighted by atomic mass is 19.1. The minimum atomic E-state index is -0.732. The van der Waals surface area contributed by atoms with Crippen LogP contribution in [0.2, 0.25) is 0 Å². The first kappa shape index (κ1) is 14.7. The third kappa shape index (κ3) is 2.22. The summed E-state index contributed by atoms with van der Waals surface area (Å²) in [5, 5.41) is 11.4. The molecule has 0 aliphatic heterocycles. The van der Waals surface area contributed by atoms with Gasteiger partial charge in [-0.25, -0.2) is 4.39 Å². The van der Waals surface area contributed by atoms with Gasteiger partial charge in [-0.3, -0.25) is 14.9 Å². The maximum Gasteiger partial charge on any atom is 0.270 e. The molecule has 0 atom stereocenters. The number of carbonyl (C=O) groups is 1. The van der Waals surface area contributed by atoms with Crippen molar-refractivity contribution in [2.24, 2.45) is 12.8 Å². The molecule has 1 amide bonds. The first-order chi connectivity index (χ1) is 10.9. The molecular weight excluding hydrogens is 301 g/mol. The topological polar surface area (TPSA) is 91.2 Å². The summed E-state index contributed by atoms with van der Waals surface area (Å²) >= 11 is 0. The van der Waals surface area contributed by atoms with E-state index in [1.165, 1.54) is 41.0 Å². The number of hydrogen-bond donors (Lipinski definition) is 1. The van der Waals surface area contributed by atoms with E-state index < -0.39 is 16.6 Å². The van der Waals surface area contributed by atoms with E-state index in [0.717, 1.165) is 0 Å². The van der Waals surface area contributed by atoms with Gasteiger partial charge in [0.1, 0.15) is 11.5 Å². The van der Waals surface area contributed by atoms with Gasteiger partial charge in [0.2, 0.25) is 0 Å². The molecule has 6 nitrogen and oxygen atoms in total. The van der Waals surface area contributed by atoms with Crippen LogP contribution in [-0.4, -0.2) is 15.4 Å². The second kappa shape index (κ2) is 5.20. The number of aryl methyl sites for hydroxylation is 1. The predicted octanol–water partition coefficient (Wildman–Crippen LogP) is 2.99. The molecule has 0 fully saturated rings. The molecule has 0 aliphatic rings. The van der Waals surface area contributed by atoms with E-state index in [1.807, 2.05) is 0 Å². The lowest BCUT2D eigenvalue weighted by Crippen LogP contribution is -2.16. The van der Waals surface area contributed by atoms with E-state index >= 15 is 0 Å². The van der Waals surface area contributed by atoms with Gasteiger partial charge in [-0.2, -0.15) is 0 Å². The molecule has 1 heterocycles. The molecule has 2 N–H and O–H groups in total. The summed E-state index contributed by atoms with van der Waals surface area (Å²) in [5.41, 5.74) is 6.40. The molecule has 0 aliphatic carbocycles. The minimum absolute atomic E-state index is 0.102. The Bertz CT molecular complexity index is 963. The van der Waals surface area contributed by atoms with Crippen molar-refractivity contribution < 1.29 is 14.1 Å². The summed E-state index contributed by atoms with van der Waals surface area (Å²) < 4.78 is 15.7. The molecule has 0 unspecified atom stereocenters. The Morgan fingerprint density at radius 3 is 2.57 bits per heavy atom. The van der Waals surface area contributed by atoms with Gasteiger partial charge in [0.25, 0.3) is 11.6 Å². The molecule has 3 rings (SSSR count). The SMILES string of the molecule is Cn1c(C(N)=O)c(-c2ccccc2F)c2cc([N+](=O)[O-])ccc21. The van der Waals surface area contributed by atoms with Crippen LogP contribution in [0.4, 0.5) is 10.1 Å². The van der Waals surface area contributed by atoms with Gasteiger partial charge in [0, 0.05) is 41.2 Å². The number of non-ortho nitro benzene ring substituents is 1. The number of primary amides is 1. The number of carbonyl (C=O) groups excluding carboxylic acids is 1. The Hall–Kier alpha value is -3.22. The van der Waals surface area contributed by atoms with Crippen LogP contribution in [0.15, 0.2) is 42.5 Å². The lowest BCUT2D eigenvalue weighted by molar-refractivity contribution is -0.384. The molecule has 0 bridgehead atoms. The van der Waals surface area contributed by atoms with Gasteiger partial charge in [-0.05, 0) is 12.1 Å².